The molecule has 4 heterocycles. The molecule has 138 valence electrons. The second-order valence-electron chi connectivity index (χ2n) is 6.53. The van der Waals surface area contributed by atoms with Crippen LogP contribution in [0.4, 0.5) is 4.79 Å². The fraction of sp³-hybridized carbons (Fsp3) is 0.769. The van der Waals surface area contributed by atoms with Crippen molar-refractivity contribution in [2.75, 3.05) is 19.6 Å². The molecular formula is C13H19N5O6S. The molecule has 2 bridgehead atoms. The fourth-order valence-electron chi connectivity index (χ4n) is 3.72. The van der Waals surface area contributed by atoms with E-state index < -0.39 is 28.5 Å². The highest BCUT2D eigenvalue weighted by molar-refractivity contribution is 7.80. The van der Waals surface area contributed by atoms with Gasteiger partial charge in [-0.2, -0.15) is 18.5 Å². The van der Waals surface area contributed by atoms with E-state index in [1.54, 1.807) is 0 Å². The number of hydrogen-bond acceptors (Lipinski definition) is 8. The molecule has 0 saturated carbocycles. The summed E-state index contributed by atoms with van der Waals surface area (Å²) in [5, 5.41) is 8.05. The third-order valence-electron chi connectivity index (χ3n) is 4.94. The Kier molecular flexibility index (Phi) is 4.14. The van der Waals surface area contributed by atoms with Gasteiger partial charge in [-0.15, -0.1) is 4.28 Å². The SMILES string of the molecule is O=C1N2C[C@@H](CC[C@H]2c2nc(C3CCNCC3)no2)N1OS(=O)(=O)O. The van der Waals surface area contributed by atoms with Gasteiger partial charge in [-0.05, 0) is 38.8 Å². The van der Waals surface area contributed by atoms with Crippen LogP contribution in [0.5, 0.6) is 0 Å². The molecule has 25 heavy (non-hydrogen) atoms. The summed E-state index contributed by atoms with van der Waals surface area (Å²) in [7, 11) is -4.75. The van der Waals surface area contributed by atoms with E-state index in [-0.39, 0.29) is 12.5 Å². The molecular weight excluding hydrogens is 354 g/mol. The number of hydrogen-bond donors (Lipinski definition) is 2. The molecule has 3 aliphatic rings. The minimum Gasteiger partial charge on any atom is -0.337 e. The van der Waals surface area contributed by atoms with Crippen molar-refractivity contribution >= 4 is 16.4 Å². The molecule has 12 heteroatoms. The average Bonchev–Trinajstić information content (AvgIpc) is 3.16. The zero-order valence-corrected chi connectivity index (χ0v) is 14.2. The largest absolute Gasteiger partial charge is 0.418 e. The number of carbonyl (C=O) groups is 1. The van der Waals surface area contributed by atoms with Crippen molar-refractivity contribution in [1.29, 1.82) is 0 Å². The van der Waals surface area contributed by atoms with Crippen molar-refractivity contribution in [2.24, 2.45) is 0 Å². The average molecular weight is 373 g/mol. The molecule has 0 spiro atoms. The van der Waals surface area contributed by atoms with Crippen LogP contribution < -0.4 is 5.32 Å². The van der Waals surface area contributed by atoms with E-state index in [0.717, 1.165) is 25.9 Å². The van der Waals surface area contributed by atoms with Gasteiger partial charge in [-0.3, -0.25) is 4.55 Å². The molecule has 0 radical (unpaired) electrons. The second kappa shape index (κ2) is 6.20. The highest BCUT2D eigenvalue weighted by atomic mass is 32.3. The maximum Gasteiger partial charge on any atom is 0.418 e. The topological polar surface area (TPSA) is 138 Å². The molecule has 1 aromatic rings. The van der Waals surface area contributed by atoms with Gasteiger partial charge in [0.15, 0.2) is 5.82 Å². The third kappa shape index (κ3) is 3.21. The number of rotatable bonds is 4. The summed E-state index contributed by atoms with van der Waals surface area (Å²) in [5.41, 5.74) is 0. The molecule has 2 amide bonds. The lowest BCUT2D eigenvalue weighted by atomic mass is 9.97. The first kappa shape index (κ1) is 16.7. The smallest absolute Gasteiger partial charge is 0.337 e. The van der Waals surface area contributed by atoms with Crippen molar-refractivity contribution in [2.45, 2.75) is 43.7 Å². The molecule has 11 nitrogen and oxygen atoms in total. The highest BCUT2D eigenvalue weighted by Gasteiger charge is 2.49. The van der Waals surface area contributed by atoms with Gasteiger partial charge in [0, 0.05) is 12.5 Å². The third-order valence-corrected chi connectivity index (χ3v) is 5.29. The standard InChI is InChI=1S/C13H19N5O6S/c19-13-17-7-9(18(13)24-25(20,21)22)1-2-10(17)12-15-11(16-23-12)8-3-5-14-6-4-8/h8-10,14H,1-7H2,(H,20,21,22)/t9-,10+/m1/s1. The van der Waals surface area contributed by atoms with Crippen molar-refractivity contribution in [3.63, 3.8) is 0 Å². The van der Waals surface area contributed by atoms with Gasteiger partial charge in [0.2, 0.25) is 5.89 Å². The van der Waals surface area contributed by atoms with Crippen LogP contribution in [0.1, 0.15) is 49.4 Å². The molecule has 2 N–H and O–H groups in total. The summed E-state index contributed by atoms with van der Waals surface area (Å²) >= 11 is 0. The normalized spacial score (nSPS) is 28.0. The first-order valence-corrected chi connectivity index (χ1v) is 9.60. The lowest BCUT2D eigenvalue weighted by molar-refractivity contribution is -0.0317. The van der Waals surface area contributed by atoms with Gasteiger partial charge in [0.1, 0.15) is 6.04 Å². The number of urea groups is 1. The first-order valence-electron chi connectivity index (χ1n) is 8.23. The van der Waals surface area contributed by atoms with Crippen LogP contribution >= 0.6 is 0 Å². The van der Waals surface area contributed by atoms with Crippen molar-refractivity contribution in [1.82, 2.24) is 25.4 Å². The van der Waals surface area contributed by atoms with Crippen LogP contribution in [0.3, 0.4) is 0 Å². The predicted octanol–water partition coefficient (Wildman–Crippen LogP) is 0.212. The fourth-order valence-corrected chi connectivity index (χ4v) is 4.11. The number of carbonyl (C=O) groups excluding carboxylic acids is 1. The summed E-state index contributed by atoms with van der Waals surface area (Å²) in [4.78, 5) is 18.3. The zero-order chi connectivity index (χ0) is 17.6. The van der Waals surface area contributed by atoms with Crippen LogP contribution in [-0.2, 0) is 14.7 Å². The Morgan fingerprint density at radius 2 is 2.00 bits per heavy atom. The Morgan fingerprint density at radius 1 is 1.24 bits per heavy atom. The van der Waals surface area contributed by atoms with Crippen LogP contribution in [0.25, 0.3) is 0 Å². The molecule has 3 saturated heterocycles. The summed E-state index contributed by atoms with van der Waals surface area (Å²) in [6, 6.07) is -1.48. The van der Waals surface area contributed by atoms with Gasteiger partial charge in [0.25, 0.3) is 0 Å². The second-order valence-corrected chi connectivity index (χ2v) is 7.53. The predicted molar refractivity (Wildman–Crippen MR) is 81.5 cm³/mol. The van der Waals surface area contributed by atoms with Gasteiger partial charge >= 0.3 is 16.4 Å². The molecule has 0 aromatic carbocycles. The van der Waals surface area contributed by atoms with E-state index in [2.05, 4.69) is 19.7 Å². The van der Waals surface area contributed by atoms with E-state index in [0.29, 0.717) is 29.6 Å². The van der Waals surface area contributed by atoms with Crippen LogP contribution in [0, 0.1) is 0 Å². The summed E-state index contributed by atoms with van der Waals surface area (Å²) in [5.74, 6) is 1.24. The lowest BCUT2D eigenvalue weighted by Crippen LogP contribution is -2.35. The van der Waals surface area contributed by atoms with Gasteiger partial charge in [0.05, 0.1) is 6.04 Å². The highest BCUT2D eigenvalue weighted by Crippen LogP contribution is 2.38. The number of hydroxylamine groups is 2. The lowest BCUT2D eigenvalue weighted by Gasteiger charge is -2.27. The number of aromatic nitrogens is 2. The van der Waals surface area contributed by atoms with E-state index in [1.807, 2.05) is 0 Å². The molecule has 0 unspecified atom stereocenters. The van der Waals surface area contributed by atoms with Crippen molar-refractivity contribution in [3.8, 4) is 0 Å². The molecule has 2 atom stereocenters. The van der Waals surface area contributed by atoms with E-state index >= 15 is 0 Å². The van der Waals surface area contributed by atoms with Crippen LogP contribution in [0.2, 0.25) is 0 Å². The molecule has 4 rings (SSSR count). The number of amides is 2. The first-order chi connectivity index (χ1) is 11.9. The van der Waals surface area contributed by atoms with Gasteiger partial charge in [-0.25, -0.2) is 4.79 Å². The Balaban J connectivity index is 1.51. The minimum absolute atomic E-state index is 0.240. The Morgan fingerprint density at radius 3 is 2.72 bits per heavy atom. The maximum atomic E-state index is 12.4. The molecule has 3 aliphatic heterocycles. The van der Waals surface area contributed by atoms with Gasteiger partial charge in [-0.1, -0.05) is 5.16 Å². The number of piperidine rings is 2. The van der Waals surface area contributed by atoms with Gasteiger partial charge < -0.3 is 14.7 Å². The summed E-state index contributed by atoms with van der Waals surface area (Å²) in [6.07, 6.45) is 2.93. The number of fused-ring (bicyclic) bond motifs is 2. The zero-order valence-electron chi connectivity index (χ0n) is 13.4. The van der Waals surface area contributed by atoms with E-state index in [1.165, 1.54) is 4.90 Å². The van der Waals surface area contributed by atoms with Crippen LogP contribution in [0.15, 0.2) is 4.52 Å². The Labute approximate surface area is 144 Å². The maximum absolute atomic E-state index is 12.4. The quantitative estimate of drug-likeness (QED) is 0.709. The Hall–Kier alpha value is -1.76. The molecule has 0 aliphatic carbocycles. The number of nitrogens with zero attached hydrogens (tertiary/aromatic N) is 4. The number of nitrogens with one attached hydrogen (secondary N) is 1. The van der Waals surface area contributed by atoms with E-state index in [9.17, 15) is 13.2 Å². The summed E-state index contributed by atoms with van der Waals surface area (Å²) in [6.45, 7) is 2.10. The monoisotopic (exact) mass is 373 g/mol. The summed E-state index contributed by atoms with van der Waals surface area (Å²) < 4.78 is 40.5. The van der Waals surface area contributed by atoms with Crippen molar-refractivity contribution < 1.29 is 26.6 Å². The van der Waals surface area contributed by atoms with Crippen LogP contribution in [-0.4, -0.2) is 64.8 Å². The molecule has 3 fully saturated rings. The Bertz CT molecular complexity index is 761. The van der Waals surface area contributed by atoms with E-state index in [4.69, 9.17) is 9.08 Å². The van der Waals surface area contributed by atoms with Crippen molar-refractivity contribution in [3.05, 3.63) is 11.7 Å². The minimum atomic E-state index is -4.75. The molecule has 1 aromatic heterocycles.